The van der Waals surface area contributed by atoms with Crippen LogP contribution in [0.1, 0.15) is 18.1 Å². The summed E-state index contributed by atoms with van der Waals surface area (Å²) in [6.07, 6.45) is 3.16. The molecule has 0 aliphatic heterocycles. The lowest BCUT2D eigenvalue weighted by Crippen LogP contribution is -2.14. The number of hydrogen-bond acceptors (Lipinski definition) is 4. The van der Waals surface area contributed by atoms with Crippen LogP contribution in [0.2, 0.25) is 5.02 Å². The highest BCUT2D eigenvalue weighted by atomic mass is 127. The van der Waals surface area contributed by atoms with Gasteiger partial charge in [0.25, 0.3) is 5.91 Å². The molecule has 0 radical (unpaired) electrons. The van der Waals surface area contributed by atoms with Gasteiger partial charge in [-0.1, -0.05) is 30.3 Å². The van der Waals surface area contributed by atoms with Crippen molar-refractivity contribution < 1.29 is 14.3 Å². The van der Waals surface area contributed by atoms with Gasteiger partial charge in [0.15, 0.2) is 11.5 Å². The van der Waals surface area contributed by atoms with Gasteiger partial charge in [-0.15, -0.1) is 0 Å². The van der Waals surface area contributed by atoms with Gasteiger partial charge in [0.2, 0.25) is 0 Å². The van der Waals surface area contributed by atoms with Crippen LogP contribution in [0.5, 0.6) is 11.5 Å². The number of rotatable bonds is 8. The lowest BCUT2D eigenvalue weighted by molar-refractivity contribution is -0.112. The standard InChI is InChI=1S/C22H20ClIN2O3/c1-4-8-29-21-18(24)10-15(11-20(21)28-5-2)9-16(13-25)22(27)26-19-12-17(23)7-6-14(19)3/h4,6-7,9-12H,1,5,8H2,2-3H3,(H,26,27)/b16-9+. The first-order chi connectivity index (χ1) is 13.9. The van der Waals surface area contributed by atoms with Crippen LogP contribution in [-0.2, 0) is 4.79 Å². The predicted molar refractivity (Wildman–Crippen MR) is 124 cm³/mol. The van der Waals surface area contributed by atoms with Gasteiger partial charge < -0.3 is 14.8 Å². The normalized spacial score (nSPS) is 10.8. The maximum absolute atomic E-state index is 12.6. The zero-order chi connectivity index (χ0) is 21.4. The summed E-state index contributed by atoms with van der Waals surface area (Å²) >= 11 is 8.12. The van der Waals surface area contributed by atoms with Crippen molar-refractivity contribution in [2.75, 3.05) is 18.5 Å². The van der Waals surface area contributed by atoms with E-state index < -0.39 is 5.91 Å². The van der Waals surface area contributed by atoms with E-state index in [4.69, 9.17) is 21.1 Å². The number of benzene rings is 2. The highest BCUT2D eigenvalue weighted by molar-refractivity contribution is 14.1. The molecule has 5 nitrogen and oxygen atoms in total. The first-order valence-corrected chi connectivity index (χ1v) is 10.2. The molecular formula is C22H20ClIN2O3. The molecule has 150 valence electrons. The molecule has 2 aromatic carbocycles. The Kier molecular flexibility index (Phi) is 8.55. The number of carbonyl (C=O) groups is 1. The number of ether oxygens (including phenoxy) is 2. The molecule has 0 fully saturated rings. The molecule has 0 aliphatic carbocycles. The molecule has 2 rings (SSSR count). The molecule has 7 heteroatoms. The van der Waals surface area contributed by atoms with Crippen LogP contribution in [0.4, 0.5) is 5.69 Å². The van der Waals surface area contributed by atoms with Crippen LogP contribution in [0.3, 0.4) is 0 Å². The van der Waals surface area contributed by atoms with Crippen LogP contribution in [-0.4, -0.2) is 19.1 Å². The van der Waals surface area contributed by atoms with Crippen molar-refractivity contribution in [1.82, 2.24) is 0 Å². The Morgan fingerprint density at radius 3 is 2.76 bits per heavy atom. The van der Waals surface area contributed by atoms with E-state index in [1.54, 1.807) is 30.3 Å². The lowest BCUT2D eigenvalue weighted by Gasteiger charge is -2.14. The highest BCUT2D eigenvalue weighted by Gasteiger charge is 2.15. The number of amides is 1. The Bertz CT molecular complexity index is 996. The summed E-state index contributed by atoms with van der Waals surface area (Å²) in [6, 6.07) is 10.7. The van der Waals surface area contributed by atoms with E-state index in [2.05, 4.69) is 34.5 Å². The van der Waals surface area contributed by atoms with Crippen LogP contribution in [0.15, 0.2) is 48.6 Å². The zero-order valence-electron chi connectivity index (χ0n) is 16.1. The number of anilines is 1. The molecule has 0 bridgehead atoms. The van der Waals surface area contributed by atoms with Gasteiger partial charge in [0, 0.05) is 10.7 Å². The number of carbonyl (C=O) groups excluding carboxylic acids is 1. The molecule has 2 aromatic rings. The summed E-state index contributed by atoms with van der Waals surface area (Å²) in [5, 5.41) is 12.7. The maximum Gasteiger partial charge on any atom is 0.266 e. The third-order valence-electron chi connectivity index (χ3n) is 3.80. The van der Waals surface area contributed by atoms with Gasteiger partial charge in [-0.05, 0) is 77.9 Å². The second-order valence-electron chi connectivity index (χ2n) is 5.95. The molecular weight excluding hydrogens is 503 g/mol. The van der Waals surface area contributed by atoms with Gasteiger partial charge in [-0.3, -0.25) is 4.79 Å². The third kappa shape index (κ3) is 6.24. The number of hydrogen-bond donors (Lipinski definition) is 1. The smallest absolute Gasteiger partial charge is 0.266 e. The first kappa shape index (κ1) is 22.8. The summed E-state index contributed by atoms with van der Waals surface area (Å²) in [5.74, 6) is 0.621. The fourth-order valence-electron chi connectivity index (χ4n) is 2.45. The maximum atomic E-state index is 12.6. The van der Waals surface area contributed by atoms with E-state index in [9.17, 15) is 10.1 Å². The number of nitrogens with one attached hydrogen (secondary N) is 1. The van der Waals surface area contributed by atoms with Crippen LogP contribution in [0.25, 0.3) is 6.08 Å². The average Bonchev–Trinajstić information content (AvgIpc) is 2.68. The summed E-state index contributed by atoms with van der Waals surface area (Å²) in [5.41, 5.74) is 2.01. The molecule has 0 atom stereocenters. The molecule has 29 heavy (non-hydrogen) atoms. The average molecular weight is 523 g/mol. The summed E-state index contributed by atoms with van der Waals surface area (Å²) in [4.78, 5) is 12.6. The Balaban J connectivity index is 2.36. The first-order valence-electron chi connectivity index (χ1n) is 8.78. The topological polar surface area (TPSA) is 71.3 Å². The Morgan fingerprint density at radius 2 is 2.10 bits per heavy atom. The predicted octanol–water partition coefficient (Wildman–Crippen LogP) is 5.76. The van der Waals surface area contributed by atoms with Crippen molar-refractivity contribution in [2.24, 2.45) is 0 Å². The Hall–Kier alpha value is -2.50. The van der Waals surface area contributed by atoms with E-state index in [1.807, 2.05) is 26.0 Å². The van der Waals surface area contributed by atoms with Gasteiger partial charge in [0.05, 0.1) is 10.2 Å². The minimum absolute atomic E-state index is 0.0395. The lowest BCUT2D eigenvalue weighted by atomic mass is 10.1. The van der Waals surface area contributed by atoms with Crippen molar-refractivity contribution in [3.63, 3.8) is 0 Å². The van der Waals surface area contributed by atoms with Crippen molar-refractivity contribution >= 4 is 51.9 Å². The monoisotopic (exact) mass is 522 g/mol. The summed E-state index contributed by atoms with van der Waals surface area (Å²) in [7, 11) is 0. The third-order valence-corrected chi connectivity index (χ3v) is 4.84. The van der Waals surface area contributed by atoms with E-state index in [0.717, 1.165) is 9.13 Å². The molecule has 0 aliphatic rings. The van der Waals surface area contributed by atoms with Crippen LogP contribution < -0.4 is 14.8 Å². The largest absolute Gasteiger partial charge is 0.490 e. The number of aryl methyl sites for hydroxylation is 1. The van der Waals surface area contributed by atoms with E-state index in [0.29, 0.717) is 41.0 Å². The Morgan fingerprint density at radius 1 is 1.34 bits per heavy atom. The van der Waals surface area contributed by atoms with E-state index >= 15 is 0 Å². The van der Waals surface area contributed by atoms with Crippen molar-refractivity contribution in [3.8, 4) is 17.6 Å². The summed E-state index contributed by atoms with van der Waals surface area (Å²) in [6.45, 7) is 8.16. The molecule has 0 unspecified atom stereocenters. The molecule has 0 saturated carbocycles. The highest BCUT2D eigenvalue weighted by Crippen LogP contribution is 2.35. The molecule has 0 spiro atoms. The summed E-state index contributed by atoms with van der Waals surface area (Å²) < 4.78 is 12.1. The SMILES string of the molecule is C=CCOc1c(I)cc(/C=C(\C#N)C(=O)Nc2cc(Cl)ccc2C)cc1OCC. The number of nitrogens with zero attached hydrogens (tertiary/aromatic N) is 1. The zero-order valence-corrected chi connectivity index (χ0v) is 19.0. The van der Waals surface area contributed by atoms with Gasteiger partial charge in [-0.25, -0.2) is 0 Å². The fraction of sp³-hybridized carbons (Fsp3) is 0.182. The van der Waals surface area contributed by atoms with Gasteiger partial charge >= 0.3 is 0 Å². The minimum Gasteiger partial charge on any atom is -0.490 e. The van der Waals surface area contributed by atoms with Gasteiger partial charge in [-0.2, -0.15) is 5.26 Å². The van der Waals surface area contributed by atoms with Crippen LogP contribution >= 0.6 is 34.2 Å². The second kappa shape index (κ2) is 10.9. The Labute approximate surface area is 189 Å². The number of halogens is 2. The van der Waals surface area contributed by atoms with Crippen molar-refractivity contribution in [1.29, 1.82) is 5.26 Å². The van der Waals surface area contributed by atoms with Crippen molar-refractivity contribution in [2.45, 2.75) is 13.8 Å². The molecule has 1 N–H and O–H groups in total. The molecule has 0 heterocycles. The fourth-order valence-corrected chi connectivity index (χ4v) is 3.40. The number of nitriles is 1. The van der Waals surface area contributed by atoms with Gasteiger partial charge in [0.1, 0.15) is 18.2 Å². The van der Waals surface area contributed by atoms with Crippen molar-refractivity contribution in [3.05, 3.63) is 68.3 Å². The molecule has 0 aromatic heterocycles. The van der Waals surface area contributed by atoms with Crippen LogP contribution in [0, 0.1) is 21.8 Å². The second-order valence-corrected chi connectivity index (χ2v) is 7.54. The quantitative estimate of drug-likeness (QED) is 0.207. The molecule has 0 saturated heterocycles. The molecule has 1 amide bonds. The van der Waals surface area contributed by atoms with E-state index in [1.165, 1.54) is 6.08 Å². The minimum atomic E-state index is -0.516. The van der Waals surface area contributed by atoms with E-state index in [-0.39, 0.29) is 5.57 Å².